The highest BCUT2D eigenvalue weighted by atomic mass is 16.5. The van der Waals surface area contributed by atoms with Crippen LogP contribution in [0.3, 0.4) is 0 Å². The number of nitrogens with zero attached hydrogens (tertiary/aromatic N) is 3. The Kier molecular flexibility index (Phi) is 5.49. The fourth-order valence-corrected chi connectivity index (χ4v) is 1.98. The molecule has 110 valence electrons. The first kappa shape index (κ1) is 14.9. The van der Waals surface area contributed by atoms with Crippen molar-refractivity contribution in [2.45, 2.75) is 33.7 Å². The van der Waals surface area contributed by atoms with Gasteiger partial charge < -0.3 is 10.1 Å². The fraction of sp³-hybridized carbons (Fsp3) is 0.600. The normalized spacial score (nSPS) is 11.6. The van der Waals surface area contributed by atoms with Crippen molar-refractivity contribution in [3.05, 3.63) is 29.7 Å². The summed E-state index contributed by atoms with van der Waals surface area (Å²) in [6, 6.07) is 1.98. The summed E-state index contributed by atoms with van der Waals surface area (Å²) < 4.78 is 7.37. The molecule has 0 bridgehead atoms. The van der Waals surface area contributed by atoms with Crippen LogP contribution in [0.15, 0.2) is 18.5 Å². The molecule has 2 rings (SSSR count). The van der Waals surface area contributed by atoms with Gasteiger partial charge in [0.05, 0.1) is 5.69 Å². The van der Waals surface area contributed by atoms with E-state index in [-0.39, 0.29) is 0 Å². The summed E-state index contributed by atoms with van der Waals surface area (Å²) in [6.45, 7) is 9.74. The molecule has 5 heteroatoms. The highest BCUT2D eigenvalue weighted by Crippen LogP contribution is 2.04. The van der Waals surface area contributed by atoms with Gasteiger partial charge in [-0.3, -0.25) is 0 Å². The number of ether oxygens (including phenoxy) is 1. The topological polar surface area (TPSA) is 51.5 Å². The molecule has 2 aromatic heterocycles. The number of hydrogen-bond acceptors (Lipinski definition) is 4. The third-order valence-electron chi connectivity index (χ3n) is 2.91. The van der Waals surface area contributed by atoms with Crippen LogP contribution in [-0.2, 0) is 11.3 Å². The lowest BCUT2D eigenvalue weighted by Crippen LogP contribution is -2.17. The zero-order valence-corrected chi connectivity index (χ0v) is 12.6. The van der Waals surface area contributed by atoms with Crippen LogP contribution in [0.5, 0.6) is 0 Å². The molecule has 0 aromatic carbocycles. The monoisotopic (exact) mass is 276 g/mol. The average molecular weight is 276 g/mol. The zero-order valence-electron chi connectivity index (χ0n) is 12.6. The predicted molar refractivity (Wildman–Crippen MR) is 79.7 cm³/mol. The average Bonchev–Trinajstić information content (AvgIpc) is 2.76. The van der Waals surface area contributed by atoms with Gasteiger partial charge >= 0.3 is 0 Å². The second-order valence-electron chi connectivity index (χ2n) is 5.55. The SMILES string of the molecule is Cc1cc2ncc(CNCCCOCC(C)C)cn2n1. The molecule has 0 radical (unpaired) electrons. The summed E-state index contributed by atoms with van der Waals surface area (Å²) in [7, 11) is 0. The fourth-order valence-electron chi connectivity index (χ4n) is 1.98. The first-order valence-electron chi connectivity index (χ1n) is 7.24. The lowest BCUT2D eigenvalue weighted by atomic mass is 10.2. The number of aromatic nitrogens is 3. The minimum atomic E-state index is 0.610. The minimum Gasteiger partial charge on any atom is -0.381 e. The molecule has 0 fully saturated rings. The Morgan fingerprint density at radius 1 is 1.40 bits per heavy atom. The Morgan fingerprint density at radius 2 is 2.25 bits per heavy atom. The second kappa shape index (κ2) is 7.36. The van der Waals surface area contributed by atoms with E-state index in [2.05, 4.69) is 29.2 Å². The van der Waals surface area contributed by atoms with Crippen LogP contribution in [0.1, 0.15) is 31.5 Å². The quantitative estimate of drug-likeness (QED) is 0.751. The number of fused-ring (bicyclic) bond motifs is 1. The first-order valence-corrected chi connectivity index (χ1v) is 7.24. The molecule has 2 heterocycles. The molecule has 2 aromatic rings. The van der Waals surface area contributed by atoms with Gasteiger partial charge in [-0.2, -0.15) is 5.10 Å². The number of nitrogens with one attached hydrogen (secondary N) is 1. The van der Waals surface area contributed by atoms with Crippen LogP contribution in [0, 0.1) is 12.8 Å². The number of rotatable bonds is 8. The van der Waals surface area contributed by atoms with Gasteiger partial charge in [0.1, 0.15) is 0 Å². The van der Waals surface area contributed by atoms with Crippen LogP contribution in [0.2, 0.25) is 0 Å². The van der Waals surface area contributed by atoms with Gasteiger partial charge in [-0.25, -0.2) is 9.50 Å². The van der Waals surface area contributed by atoms with Crippen molar-refractivity contribution < 1.29 is 4.74 Å². The standard InChI is InChI=1S/C15H24N4O/c1-12(2)11-20-6-4-5-16-8-14-9-17-15-7-13(3)18-19(15)10-14/h7,9-10,12,16H,4-6,8,11H2,1-3H3. The molecule has 0 amide bonds. The molecule has 0 aliphatic heterocycles. The van der Waals surface area contributed by atoms with E-state index >= 15 is 0 Å². The van der Waals surface area contributed by atoms with Crippen molar-refractivity contribution in [2.75, 3.05) is 19.8 Å². The van der Waals surface area contributed by atoms with Crippen molar-refractivity contribution in [3.8, 4) is 0 Å². The van der Waals surface area contributed by atoms with Gasteiger partial charge in [0.25, 0.3) is 0 Å². The number of hydrogen-bond donors (Lipinski definition) is 1. The van der Waals surface area contributed by atoms with Gasteiger partial charge in [-0.05, 0) is 25.8 Å². The lowest BCUT2D eigenvalue weighted by Gasteiger charge is -2.07. The summed E-state index contributed by atoms with van der Waals surface area (Å²) >= 11 is 0. The molecule has 5 nitrogen and oxygen atoms in total. The third kappa shape index (κ3) is 4.58. The zero-order chi connectivity index (χ0) is 14.4. The van der Waals surface area contributed by atoms with E-state index in [1.165, 1.54) is 0 Å². The van der Waals surface area contributed by atoms with E-state index in [1.807, 2.05) is 29.9 Å². The summed E-state index contributed by atoms with van der Waals surface area (Å²) in [5, 5.41) is 7.77. The molecule has 0 aliphatic carbocycles. The van der Waals surface area contributed by atoms with Crippen LogP contribution in [-0.4, -0.2) is 34.4 Å². The number of aryl methyl sites for hydroxylation is 1. The molecule has 20 heavy (non-hydrogen) atoms. The third-order valence-corrected chi connectivity index (χ3v) is 2.91. The lowest BCUT2D eigenvalue weighted by molar-refractivity contribution is 0.108. The summed E-state index contributed by atoms with van der Waals surface area (Å²) in [6.07, 6.45) is 4.96. The van der Waals surface area contributed by atoms with Crippen molar-refractivity contribution in [2.24, 2.45) is 5.92 Å². The second-order valence-corrected chi connectivity index (χ2v) is 5.55. The van der Waals surface area contributed by atoms with E-state index < -0.39 is 0 Å². The summed E-state index contributed by atoms with van der Waals surface area (Å²) in [5.74, 6) is 0.610. The minimum absolute atomic E-state index is 0.610. The molecule has 0 spiro atoms. The van der Waals surface area contributed by atoms with E-state index in [0.717, 1.165) is 49.6 Å². The van der Waals surface area contributed by atoms with Crippen LogP contribution >= 0.6 is 0 Å². The highest BCUT2D eigenvalue weighted by molar-refractivity contribution is 5.38. The molecule has 0 saturated carbocycles. The van der Waals surface area contributed by atoms with Gasteiger partial charge in [0.15, 0.2) is 5.65 Å². The summed E-state index contributed by atoms with van der Waals surface area (Å²) in [4.78, 5) is 4.39. The van der Waals surface area contributed by atoms with Crippen LogP contribution in [0.25, 0.3) is 5.65 Å². The Morgan fingerprint density at radius 3 is 3.05 bits per heavy atom. The maximum atomic E-state index is 5.54. The predicted octanol–water partition coefficient (Wildman–Crippen LogP) is 2.19. The van der Waals surface area contributed by atoms with Gasteiger partial charge in [-0.15, -0.1) is 0 Å². The first-order chi connectivity index (χ1) is 9.65. The molecule has 0 unspecified atom stereocenters. The maximum Gasteiger partial charge on any atom is 0.155 e. The maximum absolute atomic E-state index is 5.54. The Hall–Kier alpha value is -1.46. The van der Waals surface area contributed by atoms with E-state index in [9.17, 15) is 0 Å². The molecule has 1 N–H and O–H groups in total. The van der Waals surface area contributed by atoms with Crippen molar-refractivity contribution >= 4 is 5.65 Å². The van der Waals surface area contributed by atoms with Crippen molar-refractivity contribution in [1.82, 2.24) is 19.9 Å². The smallest absolute Gasteiger partial charge is 0.155 e. The van der Waals surface area contributed by atoms with Crippen molar-refractivity contribution in [1.29, 1.82) is 0 Å². The van der Waals surface area contributed by atoms with Crippen molar-refractivity contribution in [3.63, 3.8) is 0 Å². The Labute approximate surface area is 120 Å². The van der Waals surface area contributed by atoms with Crippen LogP contribution < -0.4 is 5.32 Å². The Balaban J connectivity index is 1.68. The van der Waals surface area contributed by atoms with Crippen LogP contribution in [0.4, 0.5) is 0 Å². The largest absolute Gasteiger partial charge is 0.381 e. The molecular weight excluding hydrogens is 252 g/mol. The van der Waals surface area contributed by atoms with E-state index in [1.54, 1.807) is 0 Å². The summed E-state index contributed by atoms with van der Waals surface area (Å²) in [5.41, 5.74) is 3.03. The van der Waals surface area contributed by atoms with E-state index in [4.69, 9.17) is 4.74 Å². The molecule has 0 saturated heterocycles. The van der Waals surface area contributed by atoms with E-state index in [0.29, 0.717) is 5.92 Å². The van der Waals surface area contributed by atoms with Gasteiger partial charge in [-0.1, -0.05) is 13.8 Å². The van der Waals surface area contributed by atoms with Gasteiger partial charge in [0.2, 0.25) is 0 Å². The van der Waals surface area contributed by atoms with Gasteiger partial charge in [0, 0.05) is 43.8 Å². The Bertz CT molecular complexity index is 536. The molecular formula is C15H24N4O. The molecule has 0 aliphatic rings. The molecule has 0 atom stereocenters. The highest BCUT2D eigenvalue weighted by Gasteiger charge is 2.00.